The zero-order chi connectivity index (χ0) is 28.5. The number of rotatable bonds is 12. The van der Waals surface area contributed by atoms with Crippen molar-refractivity contribution in [1.82, 2.24) is 15.3 Å². The number of halogens is 2. The minimum Gasteiger partial charge on any atom is -0.482 e. The minimum absolute atomic E-state index is 0.0263. The summed E-state index contributed by atoms with van der Waals surface area (Å²) in [5, 5.41) is 5.18. The summed E-state index contributed by atoms with van der Waals surface area (Å²) in [6, 6.07) is 11.1. The van der Waals surface area contributed by atoms with Crippen LogP contribution in [0.4, 0.5) is 8.78 Å². The molecule has 2 amide bonds. The predicted octanol–water partition coefficient (Wildman–Crippen LogP) is 4.06. The molecule has 8 nitrogen and oxygen atoms in total. The maximum absolute atomic E-state index is 14.1. The lowest BCUT2D eigenvalue weighted by Gasteiger charge is -2.23. The van der Waals surface area contributed by atoms with Crippen molar-refractivity contribution >= 4 is 11.8 Å². The number of pyridine rings is 1. The molecule has 0 saturated heterocycles. The number of ether oxygens (including phenoxy) is 1. The first kappa shape index (κ1) is 28.8. The van der Waals surface area contributed by atoms with Crippen molar-refractivity contribution in [2.75, 3.05) is 5.43 Å². The molecule has 10 heteroatoms. The normalized spacial score (nSPS) is 12.1. The van der Waals surface area contributed by atoms with Crippen LogP contribution in [-0.2, 0) is 13.2 Å². The van der Waals surface area contributed by atoms with Gasteiger partial charge in [0.1, 0.15) is 23.8 Å². The van der Waals surface area contributed by atoms with Crippen LogP contribution in [0.3, 0.4) is 0 Å². The molecule has 39 heavy (non-hydrogen) atoms. The molecule has 0 saturated carbocycles. The fraction of sp³-hybridized carbons (Fsp3) is 0.207. The summed E-state index contributed by atoms with van der Waals surface area (Å²) in [6.07, 6.45) is 4.25. The SMILES string of the molecule is C=CC(C)Nn1cc(C(=O)NCc2ccc(F)cc2F)c(=O)c(OCc2ccccc2)c1C(=O)N[C@@H](C)C=C. The minimum atomic E-state index is -0.846. The topological polar surface area (TPSA) is 101 Å². The van der Waals surface area contributed by atoms with Gasteiger partial charge in [-0.15, -0.1) is 13.2 Å². The van der Waals surface area contributed by atoms with Gasteiger partial charge in [0.25, 0.3) is 11.8 Å². The van der Waals surface area contributed by atoms with Gasteiger partial charge >= 0.3 is 0 Å². The van der Waals surface area contributed by atoms with Gasteiger partial charge in [-0.25, -0.2) is 8.78 Å². The van der Waals surface area contributed by atoms with Crippen LogP contribution in [0.25, 0.3) is 0 Å². The van der Waals surface area contributed by atoms with Crippen LogP contribution in [0.2, 0.25) is 0 Å². The van der Waals surface area contributed by atoms with Gasteiger partial charge in [-0.1, -0.05) is 48.6 Å². The monoisotopic (exact) mass is 536 g/mol. The van der Waals surface area contributed by atoms with E-state index in [4.69, 9.17) is 4.74 Å². The number of carbonyl (C=O) groups excluding carboxylic acids is 2. The Balaban J connectivity index is 2.08. The van der Waals surface area contributed by atoms with Crippen molar-refractivity contribution < 1.29 is 23.1 Å². The molecular weight excluding hydrogens is 506 g/mol. The molecule has 2 atom stereocenters. The molecule has 0 spiro atoms. The van der Waals surface area contributed by atoms with E-state index < -0.39 is 34.9 Å². The maximum Gasteiger partial charge on any atom is 0.274 e. The van der Waals surface area contributed by atoms with E-state index in [-0.39, 0.29) is 41.8 Å². The highest BCUT2D eigenvalue weighted by Gasteiger charge is 2.27. The van der Waals surface area contributed by atoms with Gasteiger partial charge in [0, 0.05) is 30.4 Å². The molecule has 0 radical (unpaired) electrons. The number of nitrogens with one attached hydrogen (secondary N) is 3. The second-order valence-electron chi connectivity index (χ2n) is 8.76. The smallest absolute Gasteiger partial charge is 0.274 e. The van der Waals surface area contributed by atoms with Gasteiger partial charge in [0.05, 0.1) is 6.04 Å². The van der Waals surface area contributed by atoms with Gasteiger partial charge in [-0.05, 0) is 25.5 Å². The lowest BCUT2D eigenvalue weighted by molar-refractivity contribution is 0.0921. The molecule has 0 aliphatic carbocycles. The molecule has 1 aromatic heterocycles. The van der Waals surface area contributed by atoms with Crippen molar-refractivity contribution in [3.05, 3.63) is 124 Å². The summed E-state index contributed by atoms with van der Waals surface area (Å²) in [4.78, 5) is 40.0. The Kier molecular flexibility index (Phi) is 9.75. The largest absolute Gasteiger partial charge is 0.482 e. The number of nitrogens with zero attached hydrogens (tertiary/aromatic N) is 1. The van der Waals surface area contributed by atoms with Gasteiger partial charge in [0.2, 0.25) is 5.43 Å². The fourth-order valence-electron chi connectivity index (χ4n) is 3.47. The third kappa shape index (κ3) is 7.41. The van der Waals surface area contributed by atoms with Crippen molar-refractivity contribution in [3.8, 4) is 5.75 Å². The maximum atomic E-state index is 14.1. The molecule has 0 fully saturated rings. The third-order valence-corrected chi connectivity index (χ3v) is 5.71. The van der Waals surface area contributed by atoms with E-state index in [9.17, 15) is 23.2 Å². The molecule has 0 aliphatic rings. The Morgan fingerprint density at radius 2 is 1.72 bits per heavy atom. The van der Waals surface area contributed by atoms with Crippen molar-refractivity contribution in [3.63, 3.8) is 0 Å². The highest BCUT2D eigenvalue weighted by atomic mass is 19.1. The molecule has 2 aromatic carbocycles. The molecule has 3 rings (SSSR count). The van der Waals surface area contributed by atoms with Gasteiger partial charge in [-0.3, -0.25) is 19.1 Å². The molecule has 1 unspecified atom stereocenters. The molecular formula is C29H30F2N4O4. The first-order chi connectivity index (χ1) is 18.6. The Labute approximate surface area is 225 Å². The Morgan fingerprint density at radius 3 is 2.36 bits per heavy atom. The van der Waals surface area contributed by atoms with E-state index in [1.165, 1.54) is 23.0 Å². The highest BCUT2D eigenvalue weighted by Crippen LogP contribution is 2.18. The number of hydrogen-bond acceptors (Lipinski definition) is 5. The Bertz CT molecular complexity index is 1420. The average Bonchev–Trinajstić information content (AvgIpc) is 2.92. The second-order valence-corrected chi connectivity index (χ2v) is 8.76. The molecule has 0 bridgehead atoms. The van der Waals surface area contributed by atoms with Crippen LogP contribution in [0.1, 0.15) is 45.8 Å². The van der Waals surface area contributed by atoms with Crippen molar-refractivity contribution in [1.29, 1.82) is 0 Å². The number of aromatic nitrogens is 1. The van der Waals surface area contributed by atoms with E-state index >= 15 is 0 Å². The molecule has 0 aliphatic heterocycles. The third-order valence-electron chi connectivity index (χ3n) is 5.71. The van der Waals surface area contributed by atoms with E-state index in [0.717, 1.165) is 11.6 Å². The lowest BCUT2D eigenvalue weighted by Crippen LogP contribution is -2.40. The van der Waals surface area contributed by atoms with Crippen molar-refractivity contribution in [2.45, 2.75) is 39.1 Å². The van der Waals surface area contributed by atoms with Crippen LogP contribution in [0.5, 0.6) is 5.75 Å². The van der Waals surface area contributed by atoms with E-state index in [2.05, 4.69) is 29.2 Å². The molecule has 1 heterocycles. The number of benzene rings is 2. The van der Waals surface area contributed by atoms with E-state index in [1.807, 2.05) is 6.07 Å². The average molecular weight is 537 g/mol. The number of hydrogen-bond donors (Lipinski definition) is 3. The van der Waals surface area contributed by atoms with Crippen LogP contribution < -0.4 is 26.2 Å². The fourth-order valence-corrected chi connectivity index (χ4v) is 3.47. The summed E-state index contributed by atoms with van der Waals surface area (Å²) >= 11 is 0. The predicted molar refractivity (Wildman–Crippen MR) is 145 cm³/mol. The van der Waals surface area contributed by atoms with E-state index in [0.29, 0.717) is 6.07 Å². The lowest BCUT2D eigenvalue weighted by atomic mass is 10.1. The van der Waals surface area contributed by atoms with Crippen LogP contribution in [0, 0.1) is 11.6 Å². The van der Waals surface area contributed by atoms with Gasteiger partial charge in [-0.2, -0.15) is 0 Å². The standard InChI is InChI=1S/C29H30F2N4O4/c1-5-18(3)33-29(38)25-27(39-17-20-10-8-7-9-11-20)26(36)23(16-35(25)34-19(4)6-2)28(37)32-15-21-12-13-22(30)14-24(21)31/h5-14,16,18-19,34H,1-2,15,17H2,3-4H3,(H,32,37)(H,33,38)/t18-,19?/m0/s1. The first-order valence-corrected chi connectivity index (χ1v) is 12.2. The molecule has 204 valence electrons. The van der Waals surface area contributed by atoms with Gasteiger partial charge in [0.15, 0.2) is 11.4 Å². The summed E-state index contributed by atoms with van der Waals surface area (Å²) in [7, 11) is 0. The Hall–Kier alpha value is -4.73. The number of carbonyl (C=O) groups is 2. The van der Waals surface area contributed by atoms with Crippen LogP contribution in [0.15, 0.2) is 84.8 Å². The first-order valence-electron chi connectivity index (χ1n) is 12.2. The van der Waals surface area contributed by atoms with Crippen LogP contribution in [-0.4, -0.2) is 28.6 Å². The van der Waals surface area contributed by atoms with Crippen molar-refractivity contribution in [2.24, 2.45) is 0 Å². The Morgan fingerprint density at radius 1 is 1.03 bits per heavy atom. The quantitative estimate of drug-likeness (QED) is 0.303. The summed E-state index contributed by atoms with van der Waals surface area (Å²) in [6.45, 7) is 10.5. The summed E-state index contributed by atoms with van der Waals surface area (Å²) < 4.78 is 34.4. The zero-order valence-electron chi connectivity index (χ0n) is 21.7. The van der Waals surface area contributed by atoms with E-state index in [1.54, 1.807) is 44.2 Å². The van der Waals surface area contributed by atoms with Crippen LogP contribution >= 0.6 is 0 Å². The molecule has 3 N–H and O–H groups in total. The second kappa shape index (κ2) is 13.2. The van der Waals surface area contributed by atoms with Gasteiger partial charge < -0.3 is 20.8 Å². The zero-order valence-corrected chi connectivity index (χ0v) is 21.7. The highest BCUT2D eigenvalue weighted by molar-refractivity contribution is 5.99. The molecule has 3 aromatic rings. The summed E-state index contributed by atoms with van der Waals surface area (Å²) in [5.74, 6) is -3.46. The number of amides is 2. The summed E-state index contributed by atoms with van der Waals surface area (Å²) in [5.41, 5.74) is 2.37.